The quantitative estimate of drug-likeness (QED) is 0.748. The Morgan fingerprint density at radius 1 is 1.16 bits per heavy atom. The van der Waals surface area contributed by atoms with E-state index in [1.807, 2.05) is 55.5 Å². The molecule has 5 heteroatoms. The highest BCUT2D eigenvalue weighted by Gasteiger charge is 2.40. The molecule has 2 aromatic carbocycles. The van der Waals surface area contributed by atoms with Crippen LogP contribution in [0.25, 0.3) is 10.9 Å². The van der Waals surface area contributed by atoms with E-state index in [4.69, 9.17) is 4.74 Å². The Balaban J connectivity index is 1.93. The number of fused-ring (bicyclic) bond motifs is 2. The van der Waals surface area contributed by atoms with Crippen molar-refractivity contribution in [2.75, 3.05) is 13.7 Å². The lowest BCUT2D eigenvalue weighted by atomic mass is 9.95. The fraction of sp³-hybridized carbons (Fsp3) is 0.200. The molecule has 0 spiro atoms. The molecular weight excluding hydrogens is 316 g/mol. The minimum absolute atomic E-state index is 0.0758. The van der Waals surface area contributed by atoms with Gasteiger partial charge in [-0.05, 0) is 24.6 Å². The first kappa shape index (κ1) is 15.4. The Hall–Kier alpha value is -3.08. The van der Waals surface area contributed by atoms with Crippen molar-refractivity contribution in [1.29, 1.82) is 0 Å². The summed E-state index contributed by atoms with van der Waals surface area (Å²) in [7, 11) is 1.34. The number of amides is 1. The van der Waals surface area contributed by atoms with Crippen LogP contribution in [0, 0.1) is 6.92 Å². The molecule has 0 saturated heterocycles. The number of nitrogens with zero attached hydrogens (tertiary/aromatic N) is 1. The Morgan fingerprint density at radius 2 is 1.88 bits per heavy atom. The topological polar surface area (TPSA) is 62.4 Å². The van der Waals surface area contributed by atoms with Gasteiger partial charge in [-0.15, -0.1) is 0 Å². The monoisotopic (exact) mass is 334 g/mol. The third-order valence-corrected chi connectivity index (χ3v) is 4.80. The van der Waals surface area contributed by atoms with Gasteiger partial charge >= 0.3 is 5.97 Å². The molecule has 5 nitrogen and oxygen atoms in total. The van der Waals surface area contributed by atoms with Crippen LogP contribution in [0.3, 0.4) is 0 Å². The highest BCUT2D eigenvalue weighted by Crippen LogP contribution is 2.42. The summed E-state index contributed by atoms with van der Waals surface area (Å²) < 4.78 is 4.80. The van der Waals surface area contributed by atoms with Gasteiger partial charge in [-0.25, -0.2) is 0 Å². The largest absolute Gasteiger partial charge is 0.468 e. The number of benzene rings is 2. The van der Waals surface area contributed by atoms with Gasteiger partial charge in [-0.1, -0.05) is 36.4 Å². The summed E-state index contributed by atoms with van der Waals surface area (Å²) in [4.78, 5) is 29.8. The van der Waals surface area contributed by atoms with Gasteiger partial charge in [-0.3, -0.25) is 9.59 Å². The van der Waals surface area contributed by atoms with E-state index in [-0.39, 0.29) is 18.5 Å². The summed E-state index contributed by atoms with van der Waals surface area (Å²) in [5.41, 5.74) is 4.60. The number of carbonyl (C=O) groups is 2. The number of aromatic nitrogens is 1. The molecule has 1 unspecified atom stereocenters. The van der Waals surface area contributed by atoms with E-state index in [1.165, 1.54) is 7.11 Å². The highest BCUT2D eigenvalue weighted by atomic mass is 16.5. The molecule has 126 valence electrons. The average molecular weight is 334 g/mol. The van der Waals surface area contributed by atoms with E-state index >= 15 is 0 Å². The van der Waals surface area contributed by atoms with Crippen LogP contribution in [0.4, 0.5) is 0 Å². The van der Waals surface area contributed by atoms with E-state index < -0.39 is 5.97 Å². The molecule has 3 aromatic rings. The molecule has 1 amide bonds. The van der Waals surface area contributed by atoms with E-state index in [0.717, 1.165) is 27.7 Å². The first-order chi connectivity index (χ1) is 12.1. The van der Waals surface area contributed by atoms with Gasteiger partial charge in [0.05, 0.1) is 13.2 Å². The molecule has 1 aliphatic rings. The SMILES string of the molecule is COC(=O)CN1C(=O)c2ccccc2C1c1c(C)[nH]c2ccccc12. The Labute approximate surface area is 145 Å². The van der Waals surface area contributed by atoms with Crippen molar-refractivity contribution < 1.29 is 14.3 Å². The molecule has 0 saturated carbocycles. The first-order valence-electron chi connectivity index (χ1n) is 8.15. The maximum atomic E-state index is 12.9. The average Bonchev–Trinajstić information content (AvgIpc) is 3.09. The first-order valence-corrected chi connectivity index (χ1v) is 8.15. The third-order valence-electron chi connectivity index (χ3n) is 4.80. The number of carbonyl (C=O) groups excluding carboxylic acids is 2. The Bertz CT molecular complexity index is 990. The number of H-pyrrole nitrogens is 1. The molecule has 0 radical (unpaired) electrons. The number of nitrogens with one attached hydrogen (secondary N) is 1. The number of hydrogen-bond acceptors (Lipinski definition) is 3. The molecule has 1 atom stereocenters. The van der Waals surface area contributed by atoms with Crippen LogP contribution in [0.1, 0.15) is 33.2 Å². The van der Waals surface area contributed by atoms with Gasteiger partial charge in [0, 0.05) is 27.7 Å². The zero-order valence-electron chi connectivity index (χ0n) is 14.1. The fourth-order valence-corrected chi connectivity index (χ4v) is 3.70. The molecule has 0 aliphatic carbocycles. The predicted molar refractivity (Wildman–Crippen MR) is 94.4 cm³/mol. The van der Waals surface area contributed by atoms with Crippen LogP contribution < -0.4 is 0 Å². The second kappa shape index (κ2) is 5.77. The number of aromatic amines is 1. The lowest BCUT2D eigenvalue weighted by Crippen LogP contribution is -2.34. The van der Waals surface area contributed by atoms with E-state index in [0.29, 0.717) is 5.56 Å². The molecule has 0 fully saturated rings. The van der Waals surface area contributed by atoms with Crippen LogP contribution in [0.5, 0.6) is 0 Å². The van der Waals surface area contributed by atoms with Crippen LogP contribution in [0.15, 0.2) is 48.5 Å². The summed E-state index contributed by atoms with van der Waals surface area (Å²) in [6.45, 7) is 1.92. The standard InChI is InChI=1S/C20H18N2O3/c1-12-18(15-9-5-6-10-16(15)21-12)19-13-7-3-4-8-14(13)20(24)22(19)11-17(23)25-2/h3-10,19,21H,11H2,1-2H3. The van der Waals surface area contributed by atoms with Crippen LogP contribution >= 0.6 is 0 Å². The minimum atomic E-state index is -0.427. The normalized spacial score (nSPS) is 16.3. The minimum Gasteiger partial charge on any atom is -0.468 e. The maximum Gasteiger partial charge on any atom is 0.325 e. The number of ether oxygens (including phenoxy) is 1. The Morgan fingerprint density at radius 3 is 2.68 bits per heavy atom. The zero-order chi connectivity index (χ0) is 17.6. The molecule has 1 aliphatic heterocycles. The summed E-state index contributed by atoms with van der Waals surface area (Å²) in [5.74, 6) is -0.570. The molecular formula is C20H18N2O3. The van der Waals surface area contributed by atoms with E-state index in [1.54, 1.807) is 4.90 Å². The molecule has 25 heavy (non-hydrogen) atoms. The lowest BCUT2D eigenvalue weighted by Gasteiger charge is -2.25. The highest BCUT2D eigenvalue weighted by molar-refractivity contribution is 6.02. The lowest BCUT2D eigenvalue weighted by molar-refractivity contribution is -0.141. The van der Waals surface area contributed by atoms with Gasteiger partial charge in [0.15, 0.2) is 0 Å². The van der Waals surface area contributed by atoms with E-state index in [2.05, 4.69) is 4.98 Å². The molecule has 0 bridgehead atoms. The second-order valence-electron chi connectivity index (χ2n) is 6.21. The van der Waals surface area contributed by atoms with Crippen molar-refractivity contribution in [2.24, 2.45) is 0 Å². The molecule has 2 heterocycles. The van der Waals surface area contributed by atoms with Crippen molar-refractivity contribution in [1.82, 2.24) is 9.88 Å². The van der Waals surface area contributed by atoms with Crippen molar-refractivity contribution in [2.45, 2.75) is 13.0 Å². The van der Waals surface area contributed by atoms with E-state index in [9.17, 15) is 9.59 Å². The van der Waals surface area contributed by atoms with Crippen LogP contribution in [0.2, 0.25) is 0 Å². The fourth-order valence-electron chi connectivity index (χ4n) is 3.70. The molecule has 1 aromatic heterocycles. The molecule has 4 rings (SSSR count). The maximum absolute atomic E-state index is 12.9. The van der Waals surface area contributed by atoms with Gasteiger partial charge in [0.2, 0.25) is 0 Å². The molecule has 1 N–H and O–H groups in total. The van der Waals surface area contributed by atoms with Crippen molar-refractivity contribution in [3.8, 4) is 0 Å². The van der Waals surface area contributed by atoms with Gasteiger partial charge < -0.3 is 14.6 Å². The third kappa shape index (κ3) is 2.31. The number of hydrogen-bond donors (Lipinski definition) is 1. The van der Waals surface area contributed by atoms with Crippen molar-refractivity contribution in [3.05, 3.63) is 70.9 Å². The van der Waals surface area contributed by atoms with Crippen LogP contribution in [-0.4, -0.2) is 35.4 Å². The summed E-state index contributed by atoms with van der Waals surface area (Å²) >= 11 is 0. The second-order valence-corrected chi connectivity index (χ2v) is 6.21. The number of aryl methyl sites for hydroxylation is 1. The Kier molecular flexibility index (Phi) is 3.57. The number of esters is 1. The predicted octanol–water partition coefficient (Wildman–Crippen LogP) is 3.19. The number of rotatable bonds is 3. The summed E-state index contributed by atoms with van der Waals surface area (Å²) in [5, 5.41) is 1.06. The summed E-state index contributed by atoms with van der Waals surface area (Å²) in [6, 6.07) is 15.2. The number of para-hydroxylation sites is 1. The van der Waals surface area contributed by atoms with Crippen molar-refractivity contribution in [3.63, 3.8) is 0 Å². The number of methoxy groups -OCH3 is 1. The summed E-state index contributed by atoms with van der Waals surface area (Å²) in [6.07, 6.45) is 0. The van der Waals surface area contributed by atoms with Gasteiger partial charge in [-0.2, -0.15) is 0 Å². The van der Waals surface area contributed by atoms with Gasteiger partial charge in [0.1, 0.15) is 6.54 Å². The zero-order valence-corrected chi connectivity index (χ0v) is 14.1. The van der Waals surface area contributed by atoms with Crippen molar-refractivity contribution >= 4 is 22.8 Å². The smallest absolute Gasteiger partial charge is 0.325 e. The van der Waals surface area contributed by atoms with Gasteiger partial charge in [0.25, 0.3) is 5.91 Å². The van der Waals surface area contributed by atoms with Crippen LogP contribution in [-0.2, 0) is 9.53 Å².